The highest BCUT2D eigenvalue weighted by molar-refractivity contribution is 6.17. The predicted molar refractivity (Wildman–Crippen MR) is 125 cm³/mol. The zero-order valence-corrected chi connectivity index (χ0v) is 17.3. The van der Waals surface area contributed by atoms with Crippen LogP contribution in [0.1, 0.15) is 21.5 Å². The van der Waals surface area contributed by atoms with Gasteiger partial charge >= 0.3 is 0 Å². The van der Waals surface area contributed by atoms with Crippen LogP contribution < -0.4 is 10.9 Å². The first kappa shape index (κ1) is 18.9. The first-order chi connectivity index (χ1) is 15.0. The third-order valence-corrected chi connectivity index (χ3v) is 5.54. The highest BCUT2D eigenvalue weighted by Gasteiger charge is 2.21. The van der Waals surface area contributed by atoms with Gasteiger partial charge in [-0.2, -0.15) is 0 Å². The maximum Gasteiger partial charge on any atom is 0.270 e. The van der Waals surface area contributed by atoms with Crippen molar-refractivity contribution in [3.63, 3.8) is 0 Å². The monoisotopic (exact) mass is 407 g/mol. The van der Waals surface area contributed by atoms with Gasteiger partial charge in [-0.1, -0.05) is 53.6 Å². The van der Waals surface area contributed by atoms with Crippen LogP contribution in [0.2, 0.25) is 0 Å². The number of aromatic nitrogens is 2. The van der Waals surface area contributed by atoms with Gasteiger partial charge in [-0.3, -0.25) is 14.2 Å². The largest absolute Gasteiger partial charge is 0.354 e. The summed E-state index contributed by atoms with van der Waals surface area (Å²) in [7, 11) is 0. The zero-order valence-electron chi connectivity index (χ0n) is 17.3. The van der Waals surface area contributed by atoms with Crippen LogP contribution in [0.4, 0.5) is 5.69 Å². The van der Waals surface area contributed by atoms with Gasteiger partial charge in [0.2, 0.25) is 0 Å². The molecular formula is C26H21N3O2. The molecule has 3 aromatic carbocycles. The molecule has 0 saturated carbocycles. The smallest absolute Gasteiger partial charge is 0.270 e. The SMILES string of the molecule is Cc1ccc(NC(=O)c2c(=O)n(-c3ccc(C)cc3)cc3c2[nH]c2ccccc23)cc1. The lowest BCUT2D eigenvalue weighted by Gasteiger charge is -2.11. The van der Waals surface area contributed by atoms with Crippen molar-refractivity contribution in [2.45, 2.75) is 13.8 Å². The summed E-state index contributed by atoms with van der Waals surface area (Å²) in [5.41, 5.74) is 4.70. The molecule has 0 bridgehead atoms. The number of fused-ring (bicyclic) bond motifs is 3. The fraction of sp³-hybridized carbons (Fsp3) is 0.0769. The van der Waals surface area contributed by atoms with Crippen LogP contribution in [-0.4, -0.2) is 15.5 Å². The van der Waals surface area contributed by atoms with E-state index in [9.17, 15) is 9.59 Å². The Bertz CT molecular complexity index is 1490. The second kappa shape index (κ2) is 7.29. The van der Waals surface area contributed by atoms with E-state index in [1.807, 2.05) is 92.8 Å². The molecule has 0 aliphatic carbocycles. The number of hydrogen-bond donors (Lipinski definition) is 2. The number of rotatable bonds is 3. The van der Waals surface area contributed by atoms with Gasteiger partial charge in [0.05, 0.1) is 5.52 Å². The molecule has 5 nitrogen and oxygen atoms in total. The van der Waals surface area contributed by atoms with Crippen molar-refractivity contribution in [3.05, 3.63) is 106 Å². The average molecular weight is 407 g/mol. The topological polar surface area (TPSA) is 66.9 Å². The van der Waals surface area contributed by atoms with Gasteiger partial charge < -0.3 is 10.3 Å². The Labute approximate surface area is 179 Å². The minimum atomic E-state index is -0.438. The average Bonchev–Trinajstić information content (AvgIpc) is 3.13. The summed E-state index contributed by atoms with van der Waals surface area (Å²) < 4.78 is 1.55. The molecular weight excluding hydrogens is 386 g/mol. The van der Waals surface area contributed by atoms with E-state index in [-0.39, 0.29) is 11.1 Å². The summed E-state index contributed by atoms with van der Waals surface area (Å²) in [5.74, 6) is -0.438. The maximum atomic E-state index is 13.5. The number of carbonyl (C=O) groups is 1. The zero-order chi connectivity index (χ0) is 21.5. The number of benzene rings is 3. The van der Waals surface area contributed by atoms with Crippen LogP contribution in [0.25, 0.3) is 27.5 Å². The molecule has 2 N–H and O–H groups in total. The second-order valence-corrected chi connectivity index (χ2v) is 7.79. The van der Waals surface area contributed by atoms with E-state index in [4.69, 9.17) is 0 Å². The lowest BCUT2D eigenvalue weighted by atomic mass is 10.1. The molecule has 5 aromatic rings. The second-order valence-electron chi connectivity index (χ2n) is 7.79. The Morgan fingerprint density at radius 1 is 0.839 bits per heavy atom. The molecule has 0 radical (unpaired) electrons. The van der Waals surface area contributed by atoms with Crippen LogP contribution in [-0.2, 0) is 0 Å². The maximum absolute atomic E-state index is 13.5. The van der Waals surface area contributed by atoms with Crippen molar-refractivity contribution >= 4 is 33.4 Å². The van der Waals surface area contributed by atoms with Gasteiger partial charge in [-0.05, 0) is 44.2 Å². The van der Waals surface area contributed by atoms with E-state index in [0.29, 0.717) is 16.9 Å². The van der Waals surface area contributed by atoms with E-state index in [1.165, 1.54) is 0 Å². The number of amides is 1. The molecule has 0 unspecified atom stereocenters. The van der Waals surface area contributed by atoms with E-state index in [1.54, 1.807) is 4.57 Å². The highest BCUT2D eigenvalue weighted by Crippen LogP contribution is 2.27. The van der Waals surface area contributed by atoms with E-state index in [2.05, 4.69) is 10.3 Å². The number of hydrogen-bond acceptors (Lipinski definition) is 2. The fourth-order valence-corrected chi connectivity index (χ4v) is 3.85. The van der Waals surface area contributed by atoms with Gasteiger partial charge in [0.25, 0.3) is 11.5 Å². The number of carbonyl (C=O) groups excluding carboxylic acids is 1. The fourth-order valence-electron chi connectivity index (χ4n) is 3.85. The van der Waals surface area contributed by atoms with Gasteiger partial charge in [-0.15, -0.1) is 0 Å². The third kappa shape index (κ3) is 3.30. The molecule has 0 atom stereocenters. The van der Waals surface area contributed by atoms with Crippen molar-refractivity contribution in [3.8, 4) is 5.69 Å². The Hall–Kier alpha value is -4.12. The van der Waals surface area contributed by atoms with Crippen molar-refractivity contribution in [2.24, 2.45) is 0 Å². The number of nitrogens with one attached hydrogen (secondary N) is 2. The Kier molecular flexibility index (Phi) is 4.44. The molecule has 0 spiro atoms. The Balaban J connectivity index is 1.75. The van der Waals surface area contributed by atoms with Crippen LogP contribution in [0.5, 0.6) is 0 Å². The molecule has 2 heterocycles. The summed E-state index contributed by atoms with van der Waals surface area (Å²) in [6, 6.07) is 23.0. The number of aryl methyl sites for hydroxylation is 2. The number of H-pyrrole nitrogens is 1. The predicted octanol–water partition coefficient (Wildman–Crippen LogP) is 5.34. The van der Waals surface area contributed by atoms with Gasteiger partial charge in [0, 0.05) is 33.9 Å². The Morgan fingerprint density at radius 3 is 2.19 bits per heavy atom. The van der Waals surface area contributed by atoms with Crippen molar-refractivity contribution in [1.29, 1.82) is 0 Å². The summed E-state index contributed by atoms with van der Waals surface area (Å²) >= 11 is 0. The van der Waals surface area contributed by atoms with Crippen LogP contribution in [0.15, 0.2) is 83.8 Å². The molecule has 5 rings (SSSR count). The van der Waals surface area contributed by atoms with Crippen molar-refractivity contribution < 1.29 is 4.79 Å². The quantitative estimate of drug-likeness (QED) is 0.424. The first-order valence-electron chi connectivity index (χ1n) is 10.1. The molecule has 0 aliphatic rings. The standard InChI is InChI=1S/C26H21N3O2/c1-16-7-11-18(12-8-16)27-25(30)23-24-21(20-5-3-4-6-22(20)28-24)15-29(26(23)31)19-13-9-17(2)10-14-19/h3-15,28H,1-2H3,(H,27,30). The minimum Gasteiger partial charge on any atom is -0.354 e. The first-order valence-corrected chi connectivity index (χ1v) is 10.1. The number of para-hydroxylation sites is 1. The van der Waals surface area contributed by atoms with Crippen LogP contribution in [0, 0.1) is 13.8 Å². The lowest BCUT2D eigenvalue weighted by molar-refractivity contribution is 0.102. The number of anilines is 1. The molecule has 0 saturated heterocycles. The molecule has 0 fully saturated rings. The summed E-state index contributed by atoms with van der Waals surface area (Å²) in [6.07, 6.45) is 1.81. The number of pyridine rings is 1. The van der Waals surface area contributed by atoms with Crippen molar-refractivity contribution in [2.75, 3.05) is 5.32 Å². The van der Waals surface area contributed by atoms with Crippen LogP contribution >= 0.6 is 0 Å². The Morgan fingerprint density at radius 2 is 1.48 bits per heavy atom. The molecule has 2 aromatic heterocycles. The van der Waals surface area contributed by atoms with Crippen molar-refractivity contribution in [1.82, 2.24) is 9.55 Å². The lowest BCUT2D eigenvalue weighted by Crippen LogP contribution is -2.28. The molecule has 0 aliphatic heterocycles. The van der Waals surface area contributed by atoms with Gasteiger partial charge in [0.15, 0.2) is 0 Å². The molecule has 31 heavy (non-hydrogen) atoms. The minimum absolute atomic E-state index is 0.0925. The third-order valence-electron chi connectivity index (χ3n) is 5.54. The molecule has 5 heteroatoms. The number of aromatic amines is 1. The van der Waals surface area contributed by atoms with E-state index >= 15 is 0 Å². The van der Waals surface area contributed by atoms with Gasteiger partial charge in [0.1, 0.15) is 5.56 Å². The molecule has 152 valence electrons. The van der Waals surface area contributed by atoms with Gasteiger partial charge in [-0.25, -0.2) is 0 Å². The normalized spacial score (nSPS) is 11.2. The van der Waals surface area contributed by atoms with E-state index < -0.39 is 5.91 Å². The summed E-state index contributed by atoms with van der Waals surface area (Å²) in [5, 5.41) is 4.66. The summed E-state index contributed by atoms with van der Waals surface area (Å²) in [4.78, 5) is 30.1. The van der Waals surface area contributed by atoms with E-state index in [0.717, 1.165) is 27.4 Å². The molecule has 1 amide bonds. The summed E-state index contributed by atoms with van der Waals surface area (Å²) in [6.45, 7) is 3.98. The number of nitrogens with zero attached hydrogens (tertiary/aromatic N) is 1. The van der Waals surface area contributed by atoms with Crippen LogP contribution in [0.3, 0.4) is 0 Å². The highest BCUT2D eigenvalue weighted by atomic mass is 16.2.